The molecule has 1 atom stereocenters. The summed E-state index contributed by atoms with van der Waals surface area (Å²) in [5, 5.41) is 4.87. The van der Waals surface area contributed by atoms with Crippen LogP contribution in [0.1, 0.15) is 56.4 Å². The Morgan fingerprint density at radius 3 is 2.44 bits per heavy atom. The molecule has 0 bridgehead atoms. The lowest BCUT2D eigenvalue weighted by molar-refractivity contribution is 0.622. The average molecular weight is 289 g/mol. The van der Waals surface area contributed by atoms with Crippen LogP contribution < -0.4 is 0 Å². The summed E-state index contributed by atoms with van der Waals surface area (Å²) in [6.07, 6.45) is 2.96. The van der Waals surface area contributed by atoms with Gasteiger partial charge in [-0.3, -0.25) is 4.68 Å². The van der Waals surface area contributed by atoms with Gasteiger partial charge in [0, 0.05) is 17.0 Å². The van der Waals surface area contributed by atoms with Gasteiger partial charge in [-0.1, -0.05) is 27.7 Å². The van der Waals surface area contributed by atoms with Crippen LogP contribution in [-0.4, -0.2) is 21.3 Å². The molecule has 1 aromatic rings. The Kier molecular flexibility index (Phi) is 7.16. The Morgan fingerprint density at radius 1 is 1.22 bits per heavy atom. The minimum Gasteiger partial charge on any atom is -0.268 e. The van der Waals surface area contributed by atoms with Crippen LogP contribution in [0.2, 0.25) is 0 Å². The maximum Gasteiger partial charge on any atom is 0.0671 e. The third-order valence-electron chi connectivity index (χ3n) is 3.17. The van der Waals surface area contributed by atoms with Gasteiger partial charge in [0.05, 0.1) is 17.6 Å². The van der Waals surface area contributed by atoms with Crippen molar-refractivity contribution in [2.75, 3.05) is 11.5 Å². The van der Waals surface area contributed by atoms with Gasteiger partial charge in [-0.25, -0.2) is 0 Å². The normalized spacial score (nSPS) is 12.9. The van der Waals surface area contributed by atoms with Crippen molar-refractivity contribution in [2.24, 2.45) is 0 Å². The van der Waals surface area contributed by atoms with E-state index in [-0.39, 0.29) is 5.38 Å². The predicted molar refractivity (Wildman–Crippen MR) is 82.9 cm³/mol. The largest absolute Gasteiger partial charge is 0.268 e. The number of hydrogen-bond acceptors (Lipinski definition) is 2. The molecule has 0 aliphatic carbocycles. The first kappa shape index (κ1) is 15.9. The molecule has 1 aromatic heterocycles. The molecule has 0 aromatic carbocycles. The first-order valence-corrected chi connectivity index (χ1v) is 8.58. The lowest BCUT2D eigenvalue weighted by Gasteiger charge is -2.10. The second kappa shape index (κ2) is 8.11. The van der Waals surface area contributed by atoms with Crippen molar-refractivity contribution in [3.05, 3.63) is 17.0 Å². The van der Waals surface area contributed by atoms with E-state index < -0.39 is 0 Å². The highest BCUT2D eigenvalue weighted by atomic mass is 35.5. The monoisotopic (exact) mass is 288 g/mol. The second-order valence-electron chi connectivity index (χ2n) is 4.31. The summed E-state index contributed by atoms with van der Waals surface area (Å²) in [4.78, 5) is 0. The van der Waals surface area contributed by atoms with Crippen LogP contribution in [0, 0.1) is 0 Å². The van der Waals surface area contributed by atoms with Crippen LogP contribution >= 0.6 is 23.4 Å². The zero-order valence-electron chi connectivity index (χ0n) is 12.0. The molecule has 0 fully saturated rings. The predicted octanol–water partition coefficient (Wildman–Crippen LogP) is 4.45. The van der Waals surface area contributed by atoms with Crippen molar-refractivity contribution in [1.82, 2.24) is 9.78 Å². The van der Waals surface area contributed by atoms with E-state index in [1.165, 1.54) is 22.7 Å². The Morgan fingerprint density at radius 2 is 1.94 bits per heavy atom. The van der Waals surface area contributed by atoms with Gasteiger partial charge in [-0.2, -0.15) is 16.9 Å². The van der Waals surface area contributed by atoms with Gasteiger partial charge in [0.15, 0.2) is 0 Å². The molecule has 1 heterocycles. The minimum atomic E-state index is 0.113. The van der Waals surface area contributed by atoms with E-state index in [0.29, 0.717) is 0 Å². The third kappa shape index (κ3) is 3.67. The number of aromatic nitrogens is 2. The van der Waals surface area contributed by atoms with Crippen LogP contribution in [0.4, 0.5) is 0 Å². The molecule has 0 N–H and O–H groups in total. The molecule has 104 valence electrons. The fraction of sp³-hybridized carbons (Fsp3) is 0.786. The molecule has 4 heteroatoms. The maximum absolute atomic E-state index is 6.47. The second-order valence-corrected chi connectivity index (χ2v) is 6.23. The number of halogens is 1. The van der Waals surface area contributed by atoms with E-state index in [1.807, 2.05) is 11.8 Å². The van der Waals surface area contributed by atoms with E-state index in [4.69, 9.17) is 16.7 Å². The Labute approximate surface area is 120 Å². The highest BCUT2D eigenvalue weighted by Crippen LogP contribution is 2.31. The van der Waals surface area contributed by atoms with Gasteiger partial charge in [-0.05, 0) is 25.0 Å². The first-order valence-electron chi connectivity index (χ1n) is 6.99. The van der Waals surface area contributed by atoms with Crippen molar-refractivity contribution in [3.63, 3.8) is 0 Å². The molecule has 0 saturated heterocycles. The number of thioether (sulfide) groups is 1. The zero-order valence-corrected chi connectivity index (χ0v) is 13.6. The molecule has 18 heavy (non-hydrogen) atoms. The van der Waals surface area contributed by atoms with Gasteiger partial charge < -0.3 is 0 Å². The van der Waals surface area contributed by atoms with E-state index in [9.17, 15) is 0 Å². The smallest absolute Gasteiger partial charge is 0.0671 e. The highest BCUT2D eigenvalue weighted by molar-refractivity contribution is 7.99. The molecule has 0 spiro atoms. The minimum absolute atomic E-state index is 0.113. The topological polar surface area (TPSA) is 17.8 Å². The summed E-state index contributed by atoms with van der Waals surface area (Å²) in [6.45, 7) is 9.70. The molecule has 1 unspecified atom stereocenters. The number of aryl methyl sites for hydroxylation is 2. The van der Waals surface area contributed by atoms with Gasteiger partial charge >= 0.3 is 0 Å². The molecule has 0 aliphatic heterocycles. The van der Waals surface area contributed by atoms with Gasteiger partial charge in [0.1, 0.15) is 0 Å². The van der Waals surface area contributed by atoms with E-state index in [1.54, 1.807) is 0 Å². The van der Waals surface area contributed by atoms with Crippen molar-refractivity contribution >= 4 is 23.4 Å². The molecule has 0 aliphatic rings. The van der Waals surface area contributed by atoms with E-state index >= 15 is 0 Å². The lowest BCUT2D eigenvalue weighted by atomic mass is 10.0. The van der Waals surface area contributed by atoms with Crippen LogP contribution in [-0.2, 0) is 19.4 Å². The summed E-state index contributed by atoms with van der Waals surface area (Å²) in [5.74, 6) is 2.30. The number of hydrogen-bond donors (Lipinski definition) is 0. The molecule has 0 saturated carbocycles. The zero-order chi connectivity index (χ0) is 13.5. The highest BCUT2D eigenvalue weighted by Gasteiger charge is 2.20. The molecule has 0 amide bonds. The summed E-state index contributed by atoms with van der Waals surface area (Å²) in [5.41, 5.74) is 3.83. The lowest BCUT2D eigenvalue weighted by Crippen LogP contribution is -2.08. The maximum atomic E-state index is 6.47. The fourth-order valence-corrected chi connectivity index (χ4v) is 3.09. The van der Waals surface area contributed by atoms with Crippen LogP contribution in [0.5, 0.6) is 0 Å². The fourth-order valence-electron chi connectivity index (χ4n) is 2.25. The summed E-state index contributed by atoms with van der Waals surface area (Å²) in [6, 6.07) is 0. The van der Waals surface area contributed by atoms with Gasteiger partial charge in [0.25, 0.3) is 0 Å². The van der Waals surface area contributed by atoms with Crippen LogP contribution in [0.25, 0.3) is 0 Å². The summed E-state index contributed by atoms with van der Waals surface area (Å²) in [7, 11) is 0. The third-order valence-corrected chi connectivity index (χ3v) is 4.57. The number of nitrogens with zero attached hydrogens (tertiary/aromatic N) is 2. The molecule has 2 nitrogen and oxygen atoms in total. The first-order chi connectivity index (χ1) is 8.69. The van der Waals surface area contributed by atoms with Crippen molar-refractivity contribution < 1.29 is 0 Å². The van der Waals surface area contributed by atoms with Crippen molar-refractivity contribution in [2.45, 2.75) is 58.9 Å². The van der Waals surface area contributed by atoms with Gasteiger partial charge in [0.2, 0.25) is 0 Å². The van der Waals surface area contributed by atoms with Crippen LogP contribution in [0.3, 0.4) is 0 Å². The Bertz CT molecular complexity index is 363. The number of rotatable bonds is 8. The van der Waals surface area contributed by atoms with Crippen LogP contribution in [0.15, 0.2) is 0 Å². The molecular formula is C14H25ClN2S. The molecule has 0 radical (unpaired) electrons. The molecular weight excluding hydrogens is 264 g/mol. The summed E-state index contributed by atoms with van der Waals surface area (Å²) < 4.78 is 2.18. The van der Waals surface area contributed by atoms with Crippen molar-refractivity contribution in [1.29, 1.82) is 0 Å². The van der Waals surface area contributed by atoms with E-state index in [2.05, 4.69) is 32.4 Å². The van der Waals surface area contributed by atoms with Gasteiger partial charge in [-0.15, -0.1) is 11.6 Å². The molecule has 1 rings (SSSR count). The van der Waals surface area contributed by atoms with Crippen molar-refractivity contribution in [3.8, 4) is 0 Å². The number of alkyl halides is 1. The average Bonchev–Trinajstić information content (AvgIpc) is 2.75. The summed E-state index contributed by atoms with van der Waals surface area (Å²) >= 11 is 8.44. The Hall–Kier alpha value is -0.150. The SMILES string of the molecule is CCSCCn1nc(CC)c(C(Cl)CC)c1CC. The quantitative estimate of drug-likeness (QED) is 0.519. The van der Waals surface area contributed by atoms with E-state index in [0.717, 1.165) is 31.6 Å². The Balaban J connectivity index is 3.00. The standard InChI is InChI=1S/C14H25ClN2S/c1-5-11(15)14-12(6-2)16-17(13(14)7-3)9-10-18-8-4/h11H,5-10H2,1-4H3.